The molecule has 1 atom stereocenters. The third-order valence-electron chi connectivity index (χ3n) is 4.93. The van der Waals surface area contributed by atoms with Crippen LogP contribution in [-0.2, 0) is 11.2 Å². The molecule has 1 N–H and O–H groups in total. The molecular formula is C21H25ClN4O. The zero-order chi connectivity index (χ0) is 19.6. The van der Waals surface area contributed by atoms with Gasteiger partial charge in [-0.2, -0.15) is 5.10 Å². The second-order valence-corrected chi connectivity index (χ2v) is 7.38. The van der Waals surface area contributed by atoms with Crippen LogP contribution in [0.5, 0.6) is 0 Å². The molecule has 27 heavy (non-hydrogen) atoms. The molecular weight excluding hydrogens is 360 g/mol. The predicted octanol–water partition coefficient (Wildman–Crippen LogP) is 4.51. The Labute approximate surface area is 164 Å². The Kier molecular flexibility index (Phi) is 5.80. The molecule has 1 aromatic carbocycles. The molecule has 0 bridgehead atoms. The molecule has 0 saturated heterocycles. The second kappa shape index (κ2) is 8.09. The molecule has 3 rings (SSSR count). The normalized spacial score (nSPS) is 12.3. The first-order valence-corrected chi connectivity index (χ1v) is 9.68. The summed E-state index contributed by atoms with van der Waals surface area (Å²) >= 11 is 5.97. The summed E-state index contributed by atoms with van der Waals surface area (Å²) in [7, 11) is 0. The molecule has 5 nitrogen and oxygen atoms in total. The monoisotopic (exact) mass is 384 g/mol. The second-order valence-electron chi connectivity index (χ2n) is 6.94. The number of benzene rings is 1. The van der Waals surface area contributed by atoms with Gasteiger partial charge in [0.15, 0.2) is 5.65 Å². The molecule has 1 amide bonds. The van der Waals surface area contributed by atoms with Crippen molar-refractivity contribution in [2.75, 3.05) is 0 Å². The zero-order valence-electron chi connectivity index (χ0n) is 16.2. The number of aromatic nitrogens is 3. The Morgan fingerprint density at radius 2 is 1.96 bits per heavy atom. The number of fused-ring (bicyclic) bond motifs is 1. The number of carbonyl (C=O) groups excluding carboxylic acids is 1. The first-order chi connectivity index (χ1) is 12.9. The van der Waals surface area contributed by atoms with Gasteiger partial charge in [-0.25, -0.2) is 9.50 Å². The highest BCUT2D eigenvalue weighted by atomic mass is 35.5. The molecule has 0 saturated carbocycles. The van der Waals surface area contributed by atoms with Gasteiger partial charge in [-0.3, -0.25) is 4.79 Å². The lowest BCUT2D eigenvalue weighted by atomic mass is 10.1. The van der Waals surface area contributed by atoms with Gasteiger partial charge in [0.05, 0.1) is 5.69 Å². The topological polar surface area (TPSA) is 59.3 Å². The molecule has 0 spiro atoms. The van der Waals surface area contributed by atoms with E-state index in [0.717, 1.165) is 40.3 Å². The highest BCUT2D eigenvalue weighted by molar-refractivity contribution is 6.30. The number of halogens is 1. The summed E-state index contributed by atoms with van der Waals surface area (Å²) in [6.45, 7) is 8.10. The van der Waals surface area contributed by atoms with Gasteiger partial charge < -0.3 is 5.32 Å². The van der Waals surface area contributed by atoms with E-state index in [4.69, 9.17) is 21.7 Å². The van der Waals surface area contributed by atoms with Crippen molar-refractivity contribution in [2.24, 2.45) is 0 Å². The number of nitrogens with zero attached hydrogens (tertiary/aromatic N) is 3. The van der Waals surface area contributed by atoms with Gasteiger partial charge >= 0.3 is 0 Å². The van der Waals surface area contributed by atoms with Crippen molar-refractivity contribution in [1.29, 1.82) is 0 Å². The average molecular weight is 385 g/mol. The van der Waals surface area contributed by atoms with Crippen molar-refractivity contribution in [3.63, 3.8) is 0 Å². The number of aryl methyl sites for hydroxylation is 2. The van der Waals surface area contributed by atoms with Crippen LogP contribution in [0.15, 0.2) is 30.3 Å². The lowest BCUT2D eigenvalue weighted by molar-refractivity contribution is -0.121. The maximum Gasteiger partial charge on any atom is 0.220 e. The molecule has 0 radical (unpaired) electrons. The van der Waals surface area contributed by atoms with E-state index in [1.165, 1.54) is 0 Å². The van der Waals surface area contributed by atoms with Gasteiger partial charge in [-0.1, -0.05) is 30.7 Å². The smallest absolute Gasteiger partial charge is 0.220 e. The van der Waals surface area contributed by atoms with Crippen LogP contribution in [-0.4, -0.2) is 26.5 Å². The molecule has 6 heteroatoms. The summed E-state index contributed by atoms with van der Waals surface area (Å²) in [5.74, 6) is 0.0746. The number of carbonyl (C=O) groups is 1. The Hall–Kier alpha value is -2.40. The molecule has 3 aromatic rings. The van der Waals surface area contributed by atoms with Crippen LogP contribution >= 0.6 is 11.6 Å². The Balaban J connectivity index is 1.87. The predicted molar refractivity (Wildman–Crippen MR) is 109 cm³/mol. The minimum Gasteiger partial charge on any atom is -0.354 e. The van der Waals surface area contributed by atoms with Crippen LogP contribution in [0.25, 0.3) is 16.9 Å². The fourth-order valence-corrected chi connectivity index (χ4v) is 3.26. The molecule has 2 heterocycles. The van der Waals surface area contributed by atoms with E-state index in [2.05, 4.69) is 12.2 Å². The molecule has 1 unspecified atom stereocenters. The van der Waals surface area contributed by atoms with Crippen molar-refractivity contribution in [3.8, 4) is 11.3 Å². The molecule has 2 aromatic heterocycles. The number of hydrogen-bond donors (Lipinski definition) is 1. The van der Waals surface area contributed by atoms with Crippen molar-refractivity contribution in [1.82, 2.24) is 19.9 Å². The molecule has 0 fully saturated rings. The van der Waals surface area contributed by atoms with Crippen molar-refractivity contribution < 1.29 is 4.79 Å². The van der Waals surface area contributed by atoms with Crippen molar-refractivity contribution in [2.45, 2.75) is 53.0 Å². The minimum atomic E-state index is 0.0746. The largest absolute Gasteiger partial charge is 0.354 e. The summed E-state index contributed by atoms with van der Waals surface area (Å²) in [5.41, 5.74) is 5.70. The summed E-state index contributed by atoms with van der Waals surface area (Å²) in [4.78, 5) is 16.8. The van der Waals surface area contributed by atoms with E-state index in [0.29, 0.717) is 17.9 Å². The molecule has 142 valence electrons. The molecule has 0 aliphatic heterocycles. The van der Waals surface area contributed by atoms with Crippen LogP contribution in [0.4, 0.5) is 0 Å². The highest BCUT2D eigenvalue weighted by Gasteiger charge is 2.15. The summed E-state index contributed by atoms with van der Waals surface area (Å²) in [5, 5.41) is 8.43. The lowest BCUT2D eigenvalue weighted by Crippen LogP contribution is -2.32. The van der Waals surface area contributed by atoms with Gasteiger partial charge in [0.1, 0.15) is 0 Å². The van der Waals surface area contributed by atoms with E-state index in [1.807, 2.05) is 55.6 Å². The number of amides is 1. The number of hydrogen-bond acceptors (Lipinski definition) is 3. The first kappa shape index (κ1) is 19.4. The summed E-state index contributed by atoms with van der Waals surface area (Å²) < 4.78 is 1.86. The van der Waals surface area contributed by atoms with Crippen LogP contribution < -0.4 is 5.32 Å². The quantitative estimate of drug-likeness (QED) is 0.680. The van der Waals surface area contributed by atoms with Crippen LogP contribution in [0, 0.1) is 13.8 Å². The third kappa shape index (κ3) is 4.30. The maximum atomic E-state index is 12.1. The standard InChI is InChI=1S/C21H25ClN4O/c1-5-13(2)23-21(27)11-10-18-14(3)24-20-12-19(25-26(20)15(18)4)16-6-8-17(22)9-7-16/h6-9,12-13H,5,10-11H2,1-4H3,(H,23,27). The number of nitrogens with one attached hydrogen (secondary N) is 1. The van der Waals surface area contributed by atoms with E-state index >= 15 is 0 Å². The molecule has 0 aliphatic carbocycles. The summed E-state index contributed by atoms with van der Waals surface area (Å²) in [6.07, 6.45) is 2.03. The van der Waals surface area contributed by atoms with Gasteiger partial charge in [0.25, 0.3) is 0 Å². The Bertz CT molecular complexity index is 962. The maximum absolute atomic E-state index is 12.1. The van der Waals surface area contributed by atoms with Gasteiger partial charge in [0.2, 0.25) is 5.91 Å². The van der Waals surface area contributed by atoms with Gasteiger partial charge in [0, 0.05) is 40.5 Å². The molecule has 0 aliphatic rings. The minimum absolute atomic E-state index is 0.0746. The van der Waals surface area contributed by atoms with Gasteiger partial charge in [-0.05, 0) is 51.3 Å². The lowest BCUT2D eigenvalue weighted by Gasteiger charge is -2.13. The third-order valence-corrected chi connectivity index (χ3v) is 5.18. The fraction of sp³-hybridized carbons (Fsp3) is 0.381. The Morgan fingerprint density at radius 1 is 1.26 bits per heavy atom. The van der Waals surface area contributed by atoms with Crippen molar-refractivity contribution in [3.05, 3.63) is 52.3 Å². The van der Waals surface area contributed by atoms with Crippen LogP contribution in [0.1, 0.15) is 43.6 Å². The van der Waals surface area contributed by atoms with E-state index in [9.17, 15) is 4.79 Å². The number of rotatable bonds is 6. The van der Waals surface area contributed by atoms with E-state index in [-0.39, 0.29) is 11.9 Å². The van der Waals surface area contributed by atoms with Crippen LogP contribution in [0.2, 0.25) is 5.02 Å². The first-order valence-electron chi connectivity index (χ1n) is 9.30. The van der Waals surface area contributed by atoms with Crippen molar-refractivity contribution >= 4 is 23.2 Å². The highest BCUT2D eigenvalue weighted by Crippen LogP contribution is 2.24. The van der Waals surface area contributed by atoms with Crippen LogP contribution in [0.3, 0.4) is 0 Å². The van der Waals surface area contributed by atoms with E-state index in [1.54, 1.807) is 0 Å². The Morgan fingerprint density at radius 3 is 2.63 bits per heavy atom. The average Bonchev–Trinajstić information content (AvgIpc) is 3.06. The zero-order valence-corrected chi connectivity index (χ0v) is 17.0. The SMILES string of the molecule is CCC(C)NC(=O)CCc1c(C)nc2cc(-c3ccc(Cl)cc3)nn2c1C. The van der Waals surface area contributed by atoms with Gasteiger partial charge in [-0.15, -0.1) is 0 Å². The fourth-order valence-electron chi connectivity index (χ4n) is 3.14. The van der Waals surface area contributed by atoms with E-state index < -0.39 is 0 Å². The summed E-state index contributed by atoms with van der Waals surface area (Å²) in [6, 6.07) is 9.79.